The van der Waals surface area contributed by atoms with E-state index < -0.39 is 5.25 Å². The molecule has 6 nitrogen and oxygen atoms in total. The maximum Gasteiger partial charge on any atom is 0.240 e. The van der Waals surface area contributed by atoms with Crippen LogP contribution in [0.1, 0.15) is 25.3 Å². The van der Waals surface area contributed by atoms with Crippen LogP contribution < -0.4 is 10.6 Å². The summed E-state index contributed by atoms with van der Waals surface area (Å²) >= 11 is 4.57. The van der Waals surface area contributed by atoms with Crippen molar-refractivity contribution in [1.29, 1.82) is 0 Å². The highest BCUT2D eigenvalue weighted by atomic mass is 79.9. The molecule has 1 aliphatic rings. The van der Waals surface area contributed by atoms with E-state index >= 15 is 0 Å². The molecular weight excluding hydrogens is 440 g/mol. The molecule has 8 heteroatoms. The lowest BCUT2D eigenvalue weighted by Crippen LogP contribution is -2.28. The van der Waals surface area contributed by atoms with E-state index in [4.69, 9.17) is 0 Å². The van der Waals surface area contributed by atoms with Crippen molar-refractivity contribution < 1.29 is 9.59 Å². The van der Waals surface area contributed by atoms with Crippen LogP contribution in [0, 0.1) is 0 Å². The second-order valence-corrected chi connectivity index (χ2v) is 8.13. The van der Waals surface area contributed by atoms with Gasteiger partial charge in [0.2, 0.25) is 11.8 Å². The quantitative estimate of drug-likeness (QED) is 0.502. The average Bonchev–Trinajstić information content (AvgIpc) is 3.04. The van der Waals surface area contributed by atoms with E-state index in [1.165, 1.54) is 11.8 Å². The van der Waals surface area contributed by atoms with Crippen molar-refractivity contribution in [3.63, 3.8) is 0 Å². The number of nitrogens with one attached hydrogen (secondary N) is 2. The first-order valence-corrected chi connectivity index (χ1v) is 10.5. The minimum Gasteiger partial charge on any atom is -0.326 e. The Hall–Kier alpha value is -2.45. The molecule has 2 N–H and O–H groups in total. The minimum atomic E-state index is -0.522. The van der Waals surface area contributed by atoms with Crippen molar-refractivity contribution in [2.24, 2.45) is 10.2 Å². The normalized spacial score (nSPS) is 18.2. The number of carbonyl (C=O) groups excluding carboxylic acids is 2. The van der Waals surface area contributed by atoms with Crippen LogP contribution in [-0.4, -0.2) is 27.9 Å². The minimum absolute atomic E-state index is 0.0641. The van der Waals surface area contributed by atoms with Crippen LogP contribution in [0.4, 0.5) is 5.69 Å². The molecule has 0 aromatic heterocycles. The number of amides is 2. The summed E-state index contributed by atoms with van der Waals surface area (Å²) in [6.45, 7) is 2.00. The molecule has 3 rings (SSSR count). The molecule has 0 aliphatic carbocycles. The lowest BCUT2D eigenvalue weighted by atomic mass is 10.1. The number of thioether (sulfide) groups is 1. The van der Waals surface area contributed by atoms with Gasteiger partial charge in [0.15, 0.2) is 5.17 Å². The van der Waals surface area contributed by atoms with Gasteiger partial charge in [-0.25, -0.2) is 0 Å². The number of nitrogens with zero attached hydrogens (tertiary/aromatic N) is 2. The van der Waals surface area contributed by atoms with Gasteiger partial charge in [0.1, 0.15) is 5.25 Å². The monoisotopic (exact) mass is 458 g/mol. The lowest BCUT2D eigenvalue weighted by molar-refractivity contribution is -0.122. The fourth-order valence-electron chi connectivity index (χ4n) is 2.57. The molecule has 1 atom stereocenters. The molecule has 2 aromatic rings. The van der Waals surface area contributed by atoms with E-state index in [2.05, 4.69) is 36.8 Å². The molecule has 0 spiro atoms. The third kappa shape index (κ3) is 5.53. The van der Waals surface area contributed by atoms with Crippen LogP contribution >= 0.6 is 27.7 Å². The van der Waals surface area contributed by atoms with Gasteiger partial charge in [-0.1, -0.05) is 64.9 Å². The van der Waals surface area contributed by atoms with Gasteiger partial charge in [0, 0.05) is 16.6 Å². The fourth-order valence-corrected chi connectivity index (χ4v) is 3.75. The van der Waals surface area contributed by atoms with Gasteiger partial charge in [-0.15, -0.1) is 5.10 Å². The lowest BCUT2D eigenvalue weighted by Gasteiger charge is -2.07. The van der Waals surface area contributed by atoms with Crippen LogP contribution in [0.25, 0.3) is 0 Å². The van der Waals surface area contributed by atoms with Crippen molar-refractivity contribution >= 4 is 56.1 Å². The highest BCUT2D eigenvalue weighted by Gasteiger charge is 2.32. The molecular formula is C20H19BrN4O2S. The smallest absolute Gasteiger partial charge is 0.240 e. The number of rotatable bonds is 6. The van der Waals surface area contributed by atoms with Crippen LogP contribution in [0.2, 0.25) is 0 Å². The Morgan fingerprint density at radius 1 is 1.18 bits per heavy atom. The molecule has 2 aromatic carbocycles. The average molecular weight is 459 g/mol. The molecule has 0 bridgehead atoms. The van der Waals surface area contributed by atoms with Crippen LogP contribution in [0.3, 0.4) is 0 Å². The number of benzene rings is 2. The molecule has 0 unspecified atom stereocenters. The summed E-state index contributed by atoms with van der Waals surface area (Å²) in [5, 5.41) is 13.8. The topological polar surface area (TPSA) is 82.9 Å². The first-order chi connectivity index (χ1) is 13.5. The maximum absolute atomic E-state index is 12.2. The Morgan fingerprint density at radius 2 is 1.89 bits per heavy atom. The third-order valence-electron chi connectivity index (χ3n) is 3.98. The number of hydrogen-bond acceptors (Lipinski definition) is 5. The van der Waals surface area contributed by atoms with Crippen molar-refractivity contribution in [2.45, 2.75) is 25.0 Å². The second kappa shape index (κ2) is 9.66. The third-order valence-corrected chi connectivity index (χ3v) is 5.58. The van der Waals surface area contributed by atoms with E-state index in [1.54, 1.807) is 12.1 Å². The molecule has 0 radical (unpaired) electrons. The fraction of sp³-hybridized carbons (Fsp3) is 0.200. The summed E-state index contributed by atoms with van der Waals surface area (Å²) in [6, 6.07) is 17.0. The number of amidine groups is 1. The molecule has 1 fully saturated rings. The zero-order chi connectivity index (χ0) is 19.9. The standard InChI is InChI=1S/C20H19BrN4O2S/c1-2-16(13-6-4-3-5-7-13)24-25-20-23-19(27)17(28-20)12-18(26)22-15-10-8-14(21)9-11-15/h3-11,17H,2,12H2,1H3,(H,22,26)(H,23,25,27)/b24-16-/t17-/m1/s1. The summed E-state index contributed by atoms with van der Waals surface area (Å²) in [5.41, 5.74) is 2.51. The summed E-state index contributed by atoms with van der Waals surface area (Å²) in [4.78, 5) is 24.4. The van der Waals surface area contributed by atoms with E-state index in [1.807, 2.05) is 49.4 Å². The number of anilines is 1. The number of hydrogen-bond donors (Lipinski definition) is 2. The summed E-state index contributed by atoms with van der Waals surface area (Å²) in [7, 11) is 0. The Labute approximate surface area is 176 Å². The van der Waals surface area contributed by atoms with Gasteiger partial charge >= 0.3 is 0 Å². The molecule has 144 valence electrons. The van der Waals surface area contributed by atoms with Crippen LogP contribution in [0.5, 0.6) is 0 Å². The molecule has 0 saturated carbocycles. The van der Waals surface area contributed by atoms with E-state index in [-0.39, 0.29) is 18.2 Å². The first kappa shape index (κ1) is 20.3. The van der Waals surface area contributed by atoms with Gasteiger partial charge in [-0.2, -0.15) is 5.10 Å². The Bertz CT molecular complexity index is 914. The summed E-state index contributed by atoms with van der Waals surface area (Å²) in [5.74, 6) is -0.457. The molecule has 2 amide bonds. The van der Waals surface area contributed by atoms with Crippen molar-refractivity contribution in [3.8, 4) is 0 Å². The van der Waals surface area contributed by atoms with Gasteiger partial charge in [0.05, 0.1) is 5.71 Å². The van der Waals surface area contributed by atoms with Crippen molar-refractivity contribution in [2.75, 3.05) is 5.32 Å². The maximum atomic E-state index is 12.2. The zero-order valence-electron chi connectivity index (χ0n) is 15.2. The number of carbonyl (C=O) groups is 2. The predicted molar refractivity (Wildman–Crippen MR) is 118 cm³/mol. The molecule has 1 aliphatic heterocycles. The van der Waals surface area contributed by atoms with Gasteiger partial charge in [0.25, 0.3) is 0 Å². The summed E-state index contributed by atoms with van der Waals surface area (Å²) < 4.78 is 0.930. The van der Waals surface area contributed by atoms with Gasteiger partial charge in [-0.3, -0.25) is 9.59 Å². The first-order valence-electron chi connectivity index (χ1n) is 8.78. The molecule has 1 saturated heterocycles. The number of halogens is 1. The van der Waals surface area contributed by atoms with Crippen LogP contribution in [0.15, 0.2) is 69.3 Å². The van der Waals surface area contributed by atoms with Crippen molar-refractivity contribution in [1.82, 2.24) is 5.32 Å². The van der Waals surface area contributed by atoms with Gasteiger partial charge in [-0.05, 0) is 36.2 Å². The molecule has 28 heavy (non-hydrogen) atoms. The summed E-state index contributed by atoms with van der Waals surface area (Å²) in [6.07, 6.45) is 0.785. The van der Waals surface area contributed by atoms with Crippen molar-refractivity contribution in [3.05, 3.63) is 64.6 Å². The zero-order valence-corrected chi connectivity index (χ0v) is 17.6. The predicted octanol–water partition coefficient (Wildman–Crippen LogP) is 4.18. The van der Waals surface area contributed by atoms with E-state index in [0.29, 0.717) is 10.9 Å². The van der Waals surface area contributed by atoms with E-state index in [9.17, 15) is 9.59 Å². The van der Waals surface area contributed by atoms with Crippen LogP contribution in [-0.2, 0) is 9.59 Å². The Kier molecular flexibility index (Phi) is 7.00. The highest BCUT2D eigenvalue weighted by Crippen LogP contribution is 2.23. The Morgan fingerprint density at radius 3 is 2.57 bits per heavy atom. The SMILES string of the molecule is CC/C(=N/N=C1\NC(=O)[C@@H](CC(=O)Nc2ccc(Br)cc2)S1)c1ccccc1. The largest absolute Gasteiger partial charge is 0.326 e. The molecule has 1 heterocycles. The van der Waals surface area contributed by atoms with Gasteiger partial charge < -0.3 is 10.6 Å². The Balaban J connectivity index is 1.61. The van der Waals surface area contributed by atoms with E-state index in [0.717, 1.165) is 22.2 Å². The highest BCUT2D eigenvalue weighted by molar-refractivity contribution is 9.10. The second-order valence-electron chi connectivity index (χ2n) is 6.03.